The Balaban J connectivity index is 2.13. The van der Waals surface area contributed by atoms with Crippen molar-refractivity contribution in [2.45, 2.75) is 6.54 Å². The molecule has 0 aliphatic carbocycles. The predicted octanol–water partition coefficient (Wildman–Crippen LogP) is 1.22. The molecule has 1 N–H and O–H groups in total. The van der Waals surface area contributed by atoms with Crippen LogP contribution in [0, 0.1) is 5.82 Å². The molecule has 2 heterocycles. The molecule has 0 radical (unpaired) electrons. The van der Waals surface area contributed by atoms with E-state index < -0.39 is 5.82 Å². The second kappa shape index (κ2) is 4.73. The van der Waals surface area contributed by atoms with Gasteiger partial charge in [-0.15, -0.1) is 0 Å². The van der Waals surface area contributed by atoms with Crippen LogP contribution in [0.4, 0.5) is 4.39 Å². The van der Waals surface area contributed by atoms with Crippen molar-refractivity contribution in [3.8, 4) is 0 Å². The first-order valence-corrected chi connectivity index (χ1v) is 5.01. The highest BCUT2D eigenvalue weighted by molar-refractivity contribution is 5.94. The molecular weight excluding hydrogens is 223 g/mol. The fourth-order valence-electron chi connectivity index (χ4n) is 1.46. The van der Waals surface area contributed by atoms with Crippen molar-refractivity contribution < 1.29 is 9.18 Å². The van der Waals surface area contributed by atoms with Crippen molar-refractivity contribution in [1.29, 1.82) is 0 Å². The Morgan fingerprint density at radius 1 is 1.53 bits per heavy atom. The maximum atomic E-state index is 13.4. The third kappa shape index (κ3) is 2.47. The Kier molecular flexibility index (Phi) is 3.13. The zero-order valence-corrected chi connectivity index (χ0v) is 9.22. The lowest BCUT2D eigenvalue weighted by Crippen LogP contribution is -2.26. The minimum Gasteiger partial charge on any atom is -0.337 e. The molecule has 0 aromatic carbocycles. The molecule has 6 heteroatoms. The van der Waals surface area contributed by atoms with Gasteiger partial charge in [-0.1, -0.05) is 0 Å². The van der Waals surface area contributed by atoms with Crippen LogP contribution < -0.4 is 0 Å². The normalized spacial score (nSPS) is 10.2. The van der Waals surface area contributed by atoms with Crippen molar-refractivity contribution in [2.24, 2.45) is 0 Å². The first kappa shape index (κ1) is 11.3. The molecule has 0 saturated carbocycles. The molecule has 0 fully saturated rings. The fraction of sp³-hybridized carbons (Fsp3) is 0.182. The number of nitrogens with zero attached hydrogens (tertiary/aromatic N) is 3. The van der Waals surface area contributed by atoms with Gasteiger partial charge in [-0.3, -0.25) is 14.9 Å². The lowest BCUT2D eigenvalue weighted by Gasteiger charge is -2.16. The quantitative estimate of drug-likeness (QED) is 0.868. The van der Waals surface area contributed by atoms with Crippen LogP contribution in [0.5, 0.6) is 0 Å². The largest absolute Gasteiger partial charge is 0.337 e. The minimum atomic E-state index is -0.614. The van der Waals surface area contributed by atoms with E-state index in [0.717, 1.165) is 11.8 Å². The van der Waals surface area contributed by atoms with Crippen LogP contribution in [0.3, 0.4) is 0 Å². The maximum Gasteiger partial charge on any atom is 0.256 e. The van der Waals surface area contributed by atoms with Gasteiger partial charge in [-0.05, 0) is 6.07 Å². The number of halogens is 1. The summed E-state index contributed by atoms with van der Waals surface area (Å²) in [4.78, 5) is 16.9. The molecule has 0 spiro atoms. The SMILES string of the molecule is CN(Cc1cn[nH]c1)C(=O)c1ccncc1F. The van der Waals surface area contributed by atoms with Crippen molar-refractivity contribution in [3.63, 3.8) is 0 Å². The van der Waals surface area contributed by atoms with Gasteiger partial charge in [0.15, 0.2) is 5.82 Å². The number of pyridine rings is 1. The lowest BCUT2D eigenvalue weighted by molar-refractivity contribution is 0.0780. The van der Waals surface area contributed by atoms with Gasteiger partial charge in [0.1, 0.15) is 0 Å². The number of hydrogen-bond acceptors (Lipinski definition) is 3. The minimum absolute atomic E-state index is 0.0194. The molecule has 0 bridgehead atoms. The highest BCUT2D eigenvalue weighted by Gasteiger charge is 2.16. The van der Waals surface area contributed by atoms with E-state index in [1.165, 1.54) is 17.2 Å². The Bertz CT molecular complexity index is 512. The van der Waals surface area contributed by atoms with Gasteiger partial charge in [0, 0.05) is 31.5 Å². The van der Waals surface area contributed by atoms with E-state index in [-0.39, 0.29) is 11.5 Å². The smallest absolute Gasteiger partial charge is 0.256 e. The molecule has 0 unspecified atom stereocenters. The van der Waals surface area contributed by atoms with Crippen LogP contribution in [-0.2, 0) is 6.54 Å². The van der Waals surface area contributed by atoms with Crippen LogP contribution in [0.25, 0.3) is 0 Å². The highest BCUT2D eigenvalue weighted by atomic mass is 19.1. The monoisotopic (exact) mass is 234 g/mol. The molecule has 0 aliphatic heterocycles. The number of rotatable bonds is 3. The summed E-state index contributed by atoms with van der Waals surface area (Å²) in [6.07, 6.45) is 5.72. The molecule has 17 heavy (non-hydrogen) atoms. The van der Waals surface area contributed by atoms with E-state index in [1.807, 2.05) is 0 Å². The van der Waals surface area contributed by atoms with E-state index in [1.54, 1.807) is 19.4 Å². The molecule has 1 amide bonds. The van der Waals surface area contributed by atoms with Crippen LogP contribution in [0.1, 0.15) is 15.9 Å². The van der Waals surface area contributed by atoms with Crippen molar-refractivity contribution in [2.75, 3.05) is 7.05 Å². The standard InChI is InChI=1S/C11H11FN4O/c1-16(7-8-4-14-15-5-8)11(17)9-2-3-13-6-10(9)12/h2-6H,7H2,1H3,(H,14,15). The van der Waals surface area contributed by atoms with E-state index in [4.69, 9.17) is 0 Å². The molecule has 2 rings (SSSR count). The van der Waals surface area contributed by atoms with Crippen molar-refractivity contribution in [1.82, 2.24) is 20.1 Å². The van der Waals surface area contributed by atoms with Crippen molar-refractivity contribution in [3.05, 3.63) is 47.8 Å². The molecule has 2 aromatic heterocycles. The summed E-state index contributed by atoms with van der Waals surface area (Å²) in [5.74, 6) is -0.998. The summed E-state index contributed by atoms with van der Waals surface area (Å²) < 4.78 is 13.4. The lowest BCUT2D eigenvalue weighted by atomic mass is 10.2. The highest BCUT2D eigenvalue weighted by Crippen LogP contribution is 2.09. The molecule has 5 nitrogen and oxygen atoms in total. The Morgan fingerprint density at radius 3 is 3.00 bits per heavy atom. The Morgan fingerprint density at radius 2 is 2.35 bits per heavy atom. The Hall–Kier alpha value is -2.24. The first-order chi connectivity index (χ1) is 8.18. The van der Waals surface area contributed by atoms with E-state index >= 15 is 0 Å². The summed E-state index contributed by atoms with van der Waals surface area (Å²) >= 11 is 0. The van der Waals surface area contributed by atoms with Gasteiger partial charge in [0.25, 0.3) is 5.91 Å². The van der Waals surface area contributed by atoms with Gasteiger partial charge in [0.2, 0.25) is 0 Å². The number of amides is 1. The van der Waals surface area contributed by atoms with Crippen molar-refractivity contribution >= 4 is 5.91 Å². The van der Waals surface area contributed by atoms with Crippen LogP contribution >= 0.6 is 0 Å². The van der Waals surface area contributed by atoms with E-state index in [0.29, 0.717) is 6.54 Å². The number of carbonyl (C=O) groups excluding carboxylic acids is 1. The number of nitrogens with one attached hydrogen (secondary N) is 1. The van der Waals surface area contributed by atoms with Crippen LogP contribution in [0.15, 0.2) is 30.9 Å². The molecule has 2 aromatic rings. The number of aromatic amines is 1. The molecule has 0 saturated heterocycles. The molecule has 0 aliphatic rings. The van der Waals surface area contributed by atoms with Gasteiger partial charge in [-0.25, -0.2) is 4.39 Å². The van der Waals surface area contributed by atoms with Gasteiger partial charge in [-0.2, -0.15) is 5.10 Å². The summed E-state index contributed by atoms with van der Waals surface area (Å²) in [7, 11) is 1.61. The Labute approximate surface area is 97.3 Å². The predicted molar refractivity (Wildman–Crippen MR) is 58.6 cm³/mol. The van der Waals surface area contributed by atoms with Gasteiger partial charge in [0.05, 0.1) is 18.0 Å². The number of aromatic nitrogens is 3. The fourth-order valence-corrected chi connectivity index (χ4v) is 1.46. The maximum absolute atomic E-state index is 13.4. The van der Waals surface area contributed by atoms with Crippen LogP contribution in [0.2, 0.25) is 0 Å². The van der Waals surface area contributed by atoms with Gasteiger partial charge < -0.3 is 4.90 Å². The summed E-state index contributed by atoms with van der Waals surface area (Å²) in [5.41, 5.74) is 0.876. The van der Waals surface area contributed by atoms with Crippen LogP contribution in [-0.4, -0.2) is 33.0 Å². The third-order valence-corrected chi connectivity index (χ3v) is 2.32. The second-order valence-electron chi connectivity index (χ2n) is 3.62. The zero-order valence-electron chi connectivity index (χ0n) is 9.22. The van der Waals surface area contributed by atoms with Gasteiger partial charge >= 0.3 is 0 Å². The topological polar surface area (TPSA) is 61.9 Å². The summed E-state index contributed by atoms with van der Waals surface area (Å²) in [5, 5.41) is 6.43. The number of hydrogen-bond donors (Lipinski definition) is 1. The molecular formula is C11H11FN4O. The van der Waals surface area contributed by atoms with E-state index in [9.17, 15) is 9.18 Å². The van der Waals surface area contributed by atoms with E-state index in [2.05, 4.69) is 15.2 Å². The summed E-state index contributed by atoms with van der Waals surface area (Å²) in [6.45, 7) is 0.372. The third-order valence-electron chi connectivity index (χ3n) is 2.32. The first-order valence-electron chi connectivity index (χ1n) is 5.01. The second-order valence-corrected chi connectivity index (χ2v) is 3.62. The number of H-pyrrole nitrogens is 1. The molecule has 88 valence electrons. The average molecular weight is 234 g/mol. The number of carbonyl (C=O) groups is 1. The summed E-state index contributed by atoms with van der Waals surface area (Å²) in [6, 6.07) is 1.36. The zero-order chi connectivity index (χ0) is 12.3. The average Bonchev–Trinajstić information content (AvgIpc) is 2.81. The molecule has 0 atom stereocenters.